The van der Waals surface area contributed by atoms with Crippen LogP contribution >= 0.6 is 0 Å². The largest absolute Gasteiger partial charge is 0.351 e. The molecular weight excluding hydrogens is 333 g/mol. The molecule has 2 aromatic carbocycles. The summed E-state index contributed by atoms with van der Waals surface area (Å²) < 4.78 is 14.9. The highest BCUT2D eigenvalue weighted by Crippen LogP contribution is 2.16. The van der Waals surface area contributed by atoms with Crippen LogP contribution in [-0.2, 0) is 29.6 Å². The van der Waals surface area contributed by atoms with Crippen LogP contribution in [0, 0.1) is 5.82 Å². The van der Waals surface area contributed by atoms with Gasteiger partial charge in [0.2, 0.25) is 0 Å². The van der Waals surface area contributed by atoms with Gasteiger partial charge >= 0.3 is 11.8 Å². The lowest BCUT2D eigenvalue weighted by molar-refractivity contribution is -0.139. The summed E-state index contributed by atoms with van der Waals surface area (Å²) in [6.45, 7) is 0.554. The molecule has 26 heavy (non-hydrogen) atoms. The molecule has 1 aromatic heterocycles. The Morgan fingerprint density at radius 1 is 0.962 bits per heavy atom. The lowest BCUT2D eigenvalue weighted by atomic mass is 10.1. The van der Waals surface area contributed by atoms with Gasteiger partial charge in [-0.3, -0.25) is 9.59 Å². The molecule has 0 bridgehead atoms. The number of aryl methyl sites for hydroxylation is 1. The summed E-state index contributed by atoms with van der Waals surface area (Å²) in [6.07, 6.45) is 2.64. The van der Waals surface area contributed by atoms with Crippen molar-refractivity contribution in [3.63, 3.8) is 0 Å². The lowest BCUT2D eigenvalue weighted by Gasteiger charge is -2.07. The van der Waals surface area contributed by atoms with E-state index in [9.17, 15) is 14.0 Å². The van der Waals surface area contributed by atoms with E-state index in [0.717, 1.165) is 22.0 Å². The van der Waals surface area contributed by atoms with Gasteiger partial charge in [-0.2, -0.15) is 0 Å². The minimum atomic E-state index is -0.701. The number of nitrogens with one attached hydrogen (secondary N) is 2. The molecule has 6 heteroatoms. The monoisotopic (exact) mass is 353 g/mol. The van der Waals surface area contributed by atoms with Crippen molar-refractivity contribution in [1.29, 1.82) is 0 Å². The van der Waals surface area contributed by atoms with Gasteiger partial charge in [0, 0.05) is 31.9 Å². The highest BCUT2D eigenvalue weighted by atomic mass is 19.1. The van der Waals surface area contributed by atoms with Gasteiger partial charge < -0.3 is 15.2 Å². The van der Waals surface area contributed by atoms with Crippen LogP contribution in [0.15, 0.2) is 54.7 Å². The van der Waals surface area contributed by atoms with Crippen molar-refractivity contribution in [2.75, 3.05) is 6.54 Å². The number of rotatable bonds is 5. The SMILES string of the molecule is Cn1ccc2cc(CCNC(=O)C(=O)NCc3ccc(F)cc3)ccc21. The number of nitrogens with zero attached hydrogens (tertiary/aromatic N) is 1. The number of amides is 2. The minimum absolute atomic E-state index is 0.178. The smallest absolute Gasteiger partial charge is 0.309 e. The third-order valence-corrected chi connectivity index (χ3v) is 4.22. The van der Waals surface area contributed by atoms with Gasteiger partial charge in [0.25, 0.3) is 0 Å². The van der Waals surface area contributed by atoms with E-state index in [1.807, 2.05) is 36.0 Å². The van der Waals surface area contributed by atoms with Crippen molar-refractivity contribution in [1.82, 2.24) is 15.2 Å². The highest BCUT2D eigenvalue weighted by molar-refractivity contribution is 6.35. The second-order valence-corrected chi connectivity index (χ2v) is 6.13. The Balaban J connectivity index is 1.45. The van der Waals surface area contributed by atoms with Crippen molar-refractivity contribution < 1.29 is 14.0 Å². The van der Waals surface area contributed by atoms with Crippen LogP contribution in [0.3, 0.4) is 0 Å². The molecular formula is C20H20FN3O2. The molecule has 0 saturated heterocycles. The first-order valence-corrected chi connectivity index (χ1v) is 8.37. The molecule has 0 aliphatic rings. The van der Waals surface area contributed by atoms with E-state index in [2.05, 4.69) is 16.7 Å². The molecule has 0 saturated carbocycles. The first kappa shape index (κ1) is 17.7. The number of fused-ring (bicyclic) bond motifs is 1. The molecule has 5 nitrogen and oxygen atoms in total. The quantitative estimate of drug-likeness (QED) is 0.692. The van der Waals surface area contributed by atoms with E-state index in [1.165, 1.54) is 12.1 Å². The fourth-order valence-corrected chi connectivity index (χ4v) is 2.75. The fourth-order valence-electron chi connectivity index (χ4n) is 2.75. The van der Waals surface area contributed by atoms with Crippen molar-refractivity contribution >= 4 is 22.7 Å². The Morgan fingerprint density at radius 3 is 2.42 bits per heavy atom. The number of halogens is 1. The maximum Gasteiger partial charge on any atom is 0.309 e. The molecule has 2 N–H and O–H groups in total. The predicted molar refractivity (Wildman–Crippen MR) is 97.9 cm³/mol. The number of carbonyl (C=O) groups excluding carboxylic acids is 2. The molecule has 3 aromatic rings. The molecule has 0 aliphatic carbocycles. The van der Waals surface area contributed by atoms with Crippen molar-refractivity contribution in [3.8, 4) is 0 Å². The van der Waals surface area contributed by atoms with Gasteiger partial charge in [-0.1, -0.05) is 18.2 Å². The predicted octanol–water partition coefficient (Wildman–Crippen LogP) is 2.29. The van der Waals surface area contributed by atoms with Crippen LogP contribution in [-0.4, -0.2) is 22.9 Å². The minimum Gasteiger partial charge on any atom is -0.351 e. The second-order valence-electron chi connectivity index (χ2n) is 6.13. The highest BCUT2D eigenvalue weighted by Gasteiger charge is 2.12. The van der Waals surface area contributed by atoms with Gasteiger partial charge in [-0.05, 0) is 53.3 Å². The number of hydrogen-bond donors (Lipinski definition) is 2. The fraction of sp³-hybridized carbons (Fsp3) is 0.200. The zero-order valence-corrected chi connectivity index (χ0v) is 14.5. The molecule has 0 unspecified atom stereocenters. The number of carbonyl (C=O) groups is 2. The van der Waals surface area contributed by atoms with Crippen molar-refractivity contribution in [3.05, 3.63) is 71.7 Å². The van der Waals surface area contributed by atoms with E-state index < -0.39 is 11.8 Å². The molecule has 0 fully saturated rings. The van der Waals surface area contributed by atoms with Crippen LogP contribution in [0.4, 0.5) is 4.39 Å². The zero-order valence-electron chi connectivity index (χ0n) is 14.5. The lowest BCUT2D eigenvalue weighted by Crippen LogP contribution is -2.40. The average molecular weight is 353 g/mol. The number of aromatic nitrogens is 1. The molecule has 134 valence electrons. The van der Waals surface area contributed by atoms with Crippen LogP contribution < -0.4 is 10.6 Å². The Kier molecular flexibility index (Phi) is 5.31. The first-order chi connectivity index (χ1) is 12.5. The Labute approximate surface area is 150 Å². The molecule has 0 aliphatic heterocycles. The standard InChI is InChI=1S/C20H20FN3O2/c1-24-11-9-16-12-14(4-7-18(16)24)8-10-22-19(25)20(26)23-13-15-2-5-17(21)6-3-15/h2-7,9,11-12H,8,10,13H2,1H3,(H,22,25)(H,23,26). The van der Waals surface area contributed by atoms with E-state index in [1.54, 1.807) is 12.1 Å². The molecule has 3 rings (SSSR count). The summed E-state index contributed by atoms with van der Waals surface area (Å²) in [5.74, 6) is -1.72. The normalized spacial score (nSPS) is 10.7. The number of hydrogen-bond acceptors (Lipinski definition) is 2. The van der Waals surface area contributed by atoms with Crippen molar-refractivity contribution in [2.45, 2.75) is 13.0 Å². The van der Waals surface area contributed by atoms with E-state index in [0.29, 0.717) is 13.0 Å². The Morgan fingerprint density at radius 2 is 1.65 bits per heavy atom. The summed E-state index contributed by atoms with van der Waals surface area (Å²) >= 11 is 0. The Hall–Kier alpha value is -3.15. The summed E-state index contributed by atoms with van der Waals surface area (Å²) in [4.78, 5) is 23.6. The van der Waals surface area contributed by atoms with Gasteiger partial charge in [-0.25, -0.2) is 4.39 Å². The Bertz CT molecular complexity index is 932. The molecule has 0 spiro atoms. The van der Waals surface area contributed by atoms with Crippen LogP contribution in [0.1, 0.15) is 11.1 Å². The van der Waals surface area contributed by atoms with E-state index in [-0.39, 0.29) is 12.4 Å². The molecule has 0 atom stereocenters. The maximum atomic E-state index is 12.8. The summed E-state index contributed by atoms with van der Waals surface area (Å²) in [6, 6.07) is 13.9. The zero-order chi connectivity index (χ0) is 18.5. The van der Waals surface area contributed by atoms with Gasteiger partial charge in [0.15, 0.2) is 0 Å². The first-order valence-electron chi connectivity index (χ1n) is 8.37. The topological polar surface area (TPSA) is 63.1 Å². The van der Waals surface area contributed by atoms with Gasteiger partial charge in [-0.15, -0.1) is 0 Å². The third kappa shape index (κ3) is 4.27. The summed E-state index contributed by atoms with van der Waals surface area (Å²) in [7, 11) is 1.99. The third-order valence-electron chi connectivity index (χ3n) is 4.22. The molecule has 1 heterocycles. The van der Waals surface area contributed by atoms with Crippen molar-refractivity contribution in [2.24, 2.45) is 7.05 Å². The van der Waals surface area contributed by atoms with Gasteiger partial charge in [0.1, 0.15) is 5.82 Å². The molecule has 0 radical (unpaired) electrons. The number of benzene rings is 2. The van der Waals surface area contributed by atoms with E-state index >= 15 is 0 Å². The van der Waals surface area contributed by atoms with Gasteiger partial charge in [0.05, 0.1) is 0 Å². The van der Waals surface area contributed by atoms with Crippen LogP contribution in [0.25, 0.3) is 10.9 Å². The summed E-state index contributed by atoms with van der Waals surface area (Å²) in [5, 5.41) is 6.28. The van der Waals surface area contributed by atoms with Crippen LogP contribution in [0.2, 0.25) is 0 Å². The average Bonchev–Trinajstić information content (AvgIpc) is 3.01. The molecule has 2 amide bonds. The van der Waals surface area contributed by atoms with Crippen LogP contribution in [0.5, 0.6) is 0 Å². The second kappa shape index (κ2) is 7.82. The summed E-state index contributed by atoms with van der Waals surface area (Å²) in [5.41, 5.74) is 2.97. The van der Waals surface area contributed by atoms with E-state index in [4.69, 9.17) is 0 Å². The maximum absolute atomic E-state index is 12.8.